The summed E-state index contributed by atoms with van der Waals surface area (Å²) in [5, 5.41) is 13.4. The van der Waals surface area contributed by atoms with Gasteiger partial charge in [0.25, 0.3) is 11.6 Å². The van der Waals surface area contributed by atoms with E-state index in [1.165, 1.54) is 55.6 Å². The number of carbonyl (C=O) groups is 3. The number of nitro benzene ring substituents is 1. The van der Waals surface area contributed by atoms with E-state index in [-0.39, 0.29) is 22.6 Å². The minimum Gasteiger partial charge on any atom is -0.497 e. The summed E-state index contributed by atoms with van der Waals surface area (Å²) in [6.07, 6.45) is 0. The van der Waals surface area contributed by atoms with Crippen molar-refractivity contribution in [3.63, 3.8) is 0 Å². The highest BCUT2D eigenvalue weighted by Crippen LogP contribution is 2.17. The third-order valence-corrected chi connectivity index (χ3v) is 4.42. The molecule has 0 aliphatic carbocycles. The molecule has 0 saturated heterocycles. The van der Waals surface area contributed by atoms with E-state index in [1.54, 1.807) is 24.3 Å². The topological polar surface area (TPSA) is 125 Å². The number of hydrogen-bond donors (Lipinski definition) is 1. The molecule has 9 nitrogen and oxygen atoms in total. The highest BCUT2D eigenvalue weighted by molar-refractivity contribution is 6.05. The Kier molecular flexibility index (Phi) is 6.92. The summed E-state index contributed by atoms with van der Waals surface area (Å²) in [5.41, 5.74) is 0.858. The number of nitrogens with one attached hydrogen (secondary N) is 1. The minimum atomic E-state index is -0.696. The number of benzene rings is 3. The summed E-state index contributed by atoms with van der Waals surface area (Å²) < 4.78 is 10.1. The normalized spacial score (nSPS) is 10.2. The number of esters is 1. The molecule has 0 aliphatic heterocycles. The Morgan fingerprint density at radius 1 is 0.906 bits per heavy atom. The second kappa shape index (κ2) is 9.98. The molecule has 0 spiro atoms. The molecule has 162 valence electrons. The fraction of sp³-hybridized carbons (Fsp3) is 0.0870. The molecule has 0 aliphatic rings. The van der Waals surface area contributed by atoms with Crippen LogP contribution in [0.4, 0.5) is 11.4 Å². The van der Waals surface area contributed by atoms with Gasteiger partial charge < -0.3 is 14.8 Å². The van der Waals surface area contributed by atoms with Crippen molar-refractivity contribution in [1.82, 2.24) is 0 Å². The molecule has 0 saturated carbocycles. The molecule has 0 fully saturated rings. The average Bonchev–Trinajstić information content (AvgIpc) is 2.82. The fourth-order valence-electron chi connectivity index (χ4n) is 2.75. The van der Waals surface area contributed by atoms with Crippen LogP contribution in [0.5, 0.6) is 5.75 Å². The highest BCUT2D eigenvalue weighted by Gasteiger charge is 2.14. The summed E-state index contributed by atoms with van der Waals surface area (Å²) in [6, 6.07) is 17.7. The van der Waals surface area contributed by atoms with E-state index < -0.39 is 23.4 Å². The molecule has 1 N–H and O–H groups in total. The van der Waals surface area contributed by atoms with Gasteiger partial charge in [-0.1, -0.05) is 18.2 Å². The summed E-state index contributed by atoms with van der Waals surface area (Å²) in [6.45, 7) is -0.433. The fourth-order valence-corrected chi connectivity index (χ4v) is 2.75. The number of nitrogens with zero attached hydrogens (tertiary/aromatic N) is 1. The van der Waals surface area contributed by atoms with Crippen LogP contribution in [-0.4, -0.2) is 36.3 Å². The number of rotatable bonds is 8. The average molecular weight is 434 g/mol. The number of ether oxygens (including phenoxy) is 2. The van der Waals surface area contributed by atoms with Gasteiger partial charge in [-0.3, -0.25) is 19.7 Å². The first-order chi connectivity index (χ1) is 15.4. The smallest absolute Gasteiger partial charge is 0.338 e. The Balaban J connectivity index is 1.58. The first-order valence-corrected chi connectivity index (χ1v) is 9.37. The van der Waals surface area contributed by atoms with Gasteiger partial charge in [0.2, 0.25) is 0 Å². The largest absolute Gasteiger partial charge is 0.497 e. The predicted molar refractivity (Wildman–Crippen MR) is 115 cm³/mol. The number of nitro groups is 1. The molecular formula is C23H18N2O7. The van der Waals surface area contributed by atoms with Gasteiger partial charge in [0.05, 0.1) is 17.6 Å². The zero-order valence-electron chi connectivity index (χ0n) is 16.9. The van der Waals surface area contributed by atoms with Crippen LogP contribution in [0.2, 0.25) is 0 Å². The van der Waals surface area contributed by atoms with Crippen LogP contribution in [0.1, 0.15) is 31.1 Å². The SMILES string of the molecule is COc1cccc(C(=O)COC(=O)c2ccc(NC(=O)c3cccc([N+](=O)[O-])c3)cc2)c1. The lowest BCUT2D eigenvalue weighted by molar-refractivity contribution is -0.384. The van der Waals surface area contributed by atoms with Gasteiger partial charge in [-0.2, -0.15) is 0 Å². The maximum atomic E-state index is 12.3. The third kappa shape index (κ3) is 5.54. The monoisotopic (exact) mass is 434 g/mol. The number of non-ortho nitro benzene ring substituents is 1. The molecule has 9 heteroatoms. The van der Waals surface area contributed by atoms with Crippen LogP contribution in [0, 0.1) is 10.1 Å². The van der Waals surface area contributed by atoms with E-state index in [9.17, 15) is 24.5 Å². The van der Waals surface area contributed by atoms with Crippen LogP contribution in [-0.2, 0) is 4.74 Å². The lowest BCUT2D eigenvalue weighted by Gasteiger charge is -2.08. The predicted octanol–water partition coefficient (Wildman–Crippen LogP) is 3.90. The second-order valence-electron chi connectivity index (χ2n) is 6.57. The van der Waals surface area contributed by atoms with Crippen molar-refractivity contribution in [2.45, 2.75) is 0 Å². The van der Waals surface area contributed by atoms with Gasteiger partial charge in [-0.25, -0.2) is 4.79 Å². The van der Waals surface area contributed by atoms with Crippen LogP contribution in [0.15, 0.2) is 72.8 Å². The molecule has 0 atom stereocenters. The number of methoxy groups -OCH3 is 1. The highest BCUT2D eigenvalue weighted by atomic mass is 16.6. The van der Waals surface area contributed by atoms with Crippen molar-refractivity contribution in [3.8, 4) is 5.75 Å². The lowest BCUT2D eigenvalue weighted by Crippen LogP contribution is -2.15. The van der Waals surface area contributed by atoms with Crippen molar-refractivity contribution in [3.05, 3.63) is 99.6 Å². The Labute approximate surface area is 182 Å². The van der Waals surface area contributed by atoms with E-state index in [1.807, 2.05) is 0 Å². The maximum absolute atomic E-state index is 12.3. The Hall–Kier alpha value is -4.53. The first kappa shape index (κ1) is 22.2. The standard InChI is InChI=1S/C23H18N2O7/c1-31-20-7-3-4-16(13-20)21(26)14-32-23(28)15-8-10-18(11-9-15)24-22(27)17-5-2-6-19(12-17)25(29)30/h2-13H,14H2,1H3,(H,24,27). The van der Waals surface area contributed by atoms with E-state index in [0.717, 1.165) is 0 Å². The van der Waals surface area contributed by atoms with Gasteiger partial charge in [0.15, 0.2) is 12.4 Å². The molecule has 0 aromatic heterocycles. The zero-order valence-corrected chi connectivity index (χ0v) is 16.9. The lowest BCUT2D eigenvalue weighted by atomic mass is 10.1. The molecule has 0 unspecified atom stereocenters. The maximum Gasteiger partial charge on any atom is 0.338 e. The van der Waals surface area contributed by atoms with Gasteiger partial charge >= 0.3 is 5.97 Å². The Morgan fingerprint density at radius 3 is 2.28 bits per heavy atom. The quantitative estimate of drug-likeness (QED) is 0.247. The van der Waals surface area contributed by atoms with Crippen molar-refractivity contribution in [1.29, 1.82) is 0 Å². The summed E-state index contributed by atoms with van der Waals surface area (Å²) >= 11 is 0. The number of anilines is 1. The van der Waals surface area contributed by atoms with Gasteiger partial charge in [-0.05, 0) is 42.5 Å². The number of hydrogen-bond acceptors (Lipinski definition) is 7. The molecule has 3 rings (SSSR count). The Morgan fingerprint density at radius 2 is 1.59 bits per heavy atom. The molecule has 3 aromatic carbocycles. The van der Waals surface area contributed by atoms with Gasteiger partial charge in [-0.15, -0.1) is 0 Å². The third-order valence-electron chi connectivity index (χ3n) is 4.42. The molecule has 1 amide bonds. The molecular weight excluding hydrogens is 416 g/mol. The van der Waals surface area contributed by atoms with Crippen molar-refractivity contribution in [2.24, 2.45) is 0 Å². The van der Waals surface area contributed by atoms with E-state index in [2.05, 4.69) is 5.32 Å². The van der Waals surface area contributed by atoms with Crippen LogP contribution < -0.4 is 10.1 Å². The zero-order chi connectivity index (χ0) is 23.1. The second-order valence-corrected chi connectivity index (χ2v) is 6.57. The van der Waals surface area contributed by atoms with Gasteiger partial charge in [0.1, 0.15) is 5.75 Å². The van der Waals surface area contributed by atoms with E-state index in [4.69, 9.17) is 9.47 Å². The molecule has 32 heavy (non-hydrogen) atoms. The van der Waals surface area contributed by atoms with Crippen molar-refractivity contribution in [2.75, 3.05) is 19.0 Å². The molecule has 0 radical (unpaired) electrons. The molecule has 0 heterocycles. The molecule has 0 bridgehead atoms. The van der Waals surface area contributed by atoms with Gasteiger partial charge in [0, 0.05) is 28.9 Å². The first-order valence-electron chi connectivity index (χ1n) is 9.37. The van der Waals surface area contributed by atoms with E-state index in [0.29, 0.717) is 17.0 Å². The summed E-state index contributed by atoms with van der Waals surface area (Å²) in [5.74, 6) is -1.09. The Bertz CT molecular complexity index is 1170. The van der Waals surface area contributed by atoms with Crippen LogP contribution in [0.25, 0.3) is 0 Å². The molecule has 3 aromatic rings. The summed E-state index contributed by atoms with van der Waals surface area (Å²) in [7, 11) is 1.49. The van der Waals surface area contributed by atoms with Crippen LogP contribution >= 0.6 is 0 Å². The number of carbonyl (C=O) groups excluding carboxylic acids is 3. The summed E-state index contributed by atoms with van der Waals surface area (Å²) in [4.78, 5) is 47.0. The van der Waals surface area contributed by atoms with Crippen molar-refractivity contribution < 1.29 is 28.8 Å². The number of ketones is 1. The number of Topliss-reactive ketones (excluding diaryl/α,β-unsaturated/α-hetero) is 1. The number of amides is 1. The van der Waals surface area contributed by atoms with Crippen LogP contribution in [0.3, 0.4) is 0 Å². The van der Waals surface area contributed by atoms with E-state index >= 15 is 0 Å². The van der Waals surface area contributed by atoms with Crippen molar-refractivity contribution >= 4 is 29.0 Å². The minimum absolute atomic E-state index is 0.124.